The summed E-state index contributed by atoms with van der Waals surface area (Å²) >= 11 is 5.92. The van der Waals surface area contributed by atoms with Gasteiger partial charge in [0.2, 0.25) is 5.91 Å². The first kappa shape index (κ1) is 18.9. The molecule has 0 aliphatic carbocycles. The van der Waals surface area contributed by atoms with Gasteiger partial charge < -0.3 is 9.64 Å². The maximum atomic E-state index is 12.8. The van der Waals surface area contributed by atoms with Gasteiger partial charge in [0, 0.05) is 43.5 Å². The van der Waals surface area contributed by atoms with Crippen molar-refractivity contribution in [2.45, 2.75) is 44.8 Å². The van der Waals surface area contributed by atoms with Crippen molar-refractivity contribution in [3.05, 3.63) is 64.9 Å². The van der Waals surface area contributed by atoms with E-state index in [4.69, 9.17) is 16.3 Å². The monoisotopic (exact) mass is 372 g/mol. The molecule has 1 aromatic heterocycles. The summed E-state index contributed by atoms with van der Waals surface area (Å²) in [6.45, 7) is 2.09. The first-order valence-electron chi connectivity index (χ1n) is 9.23. The lowest BCUT2D eigenvalue weighted by molar-refractivity contribution is -0.133. The number of hydrogen-bond acceptors (Lipinski definition) is 3. The van der Waals surface area contributed by atoms with Crippen LogP contribution in [0.1, 0.15) is 36.8 Å². The fraction of sp³-hybridized carbons (Fsp3) is 0.429. The first-order valence-corrected chi connectivity index (χ1v) is 9.61. The molecule has 1 aliphatic rings. The number of carbonyl (C=O) groups is 1. The van der Waals surface area contributed by atoms with Crippen molar-refractivity contribution in [1.29, 1.82) is 0 Å². The van der Waals surface area contributed by atoms with Crippen LogP contribution in [0.4, 0.5) is 0 Å². The van der Waals surface area contributed by atoms with Crippen molar-refractivity contribution in [1.82, 2.24) is 9.88 Å². The van der Waals surface area contributed by atoms with E-state index in [0.29, 0.717) is 19.5 Å². The van der Waals surface area contributed by atoms with E-state index in [9.17, 15) is 4.79 Å². The van der Waals surface area contributed by atoms with E-state index in [1.807, 2.05) is 41.3 Å². The lowest BCUT2D eigenvalue weighted by Crippen LogP contribution is -2.36. The van der Waals surface area contributed by atoms with Crippen molar-refractivity contribution in [2.24, 2.45) is 0 Å². The summed E-state index contributed by atoms with van der Waals surface area (Å²) in [7, 11) is 0. The molecule has 5 heteroatoms. The molecule has 3 rings (SSSR count). The van der Waals surface area contributed by atoms with Gasteiger partial charge in [-0.05, 0) is 61.1 Å². The molecule has 1 fully saturated rings. The SMILES string of the molecule is O=C(CCCc1ccc(Cl)cc1)N(Cc1ccncc1)C[C@H]1CCCO1. The van der Waals surface area contributed by atoms with Gasteiger partial charge in [0.1, 0.15) is 0 Å². The Morgan fingerprint density at radius 3 is 2.62 bits per heavy atom. The van der Waals surface area contributed by atoms with E-state index >= 15 is 0 Å². The zero-order valence-electron chi connectivity index (χ0n) is 14.9. The maximum Gasteiger partial charge on any atom is 0.222 e. The summed E-state index contributed by atoms with van der Waals surface area (Å²) in [6.07, 6.45) is 8.07. The van der Waals surface area contributed by atoms with Crippen LogP contribution in [0, 0.1) is 0 Å². The summed E-state index contributed by atoms with van der Waals surface area (Å²) in [5, 5.41) is 0.741. The highest BCUT2D eigenvalue weighted by Crippen LogP contribution is 2.17. The molecular weight excluding hydrogens is 348 g/mol. The molecular formula is C21H25ClN2O2. The molecule has 138 valence electrons. The second kappa shape index (κ2) is 9.70. The van der Waals surface area contributed by atoms with Gasteiger partial charge in [0.05, 0.1) is 6.10 Å². The van der Waals surface area contributed by atoms with Crippen molar-refractivity contribution >= 4 is 17.5 Å². The molecule has 2 heterocycles. The van der Waals surface area contributed by atoms with E-state index in [-0.39, 0.29) is 12.0 Å². The van der Waals surface area contributed by atoms with Crippen LogP contribution in [-0.4, -0.2) is 35.0 Å². The van der Waals surface area contributed by atoms with E-state index in [1.165, 1.54) is 5.56 Å². The highest BCUT2D eigenvalue weighted by atomic mass is 35.5. The minimum absolute atomic E-state index is 0.164. The van der Waals surface area contributed by atoms with E-state index < -0.39 is 0 Å². The Morgan fingerprint density at radius 2 is 1.92 bits per heavy atom. The first-order chi connectivity index (χ1) is 12.7. The summed E-state index contributed by atoms with van der Waals surface area (Å²) in [4.78, 5) is 18.8. The summed E-state index contributed by atoms with van der Waals surface area (Å²) in [6, 6.07) is 11.8. The van der Waals surface area contributed by atoms with Gasteiger partial charge in [-0.2, -0.15) is 0 Å². The molecule has 1 saturated heterocycles. The van der Waals surface area contributed by atoms with Gasteiger partial charge >= 0.3 is 0 Å². The zero-order valence-corrected chi connectivity index (χ0v) is 15.7. The van der Waals surface area contributed by atoms with Crippen LogP contribution in [0.2, 0.25) is 5.02 Å². The predicted octanol–water partition coefficient (Wildman–Crippen LogP) is 4.27. The fourth-order valence-corrected chi connectivity index (χ4v) is 3.38. The molecule has 2 aromatic rings. The topological polar surface area (TPSA) is 42.4 Å². The number of halogens is 1. The molecule has 1 aromatic carbocycles. The standard InChI is InChI=1S/C21H25ClN2O2/c22-19-8-6-17(7-9-19)3-1-5-21(25)24(16-20-4-2-14-26-20)15-18-10-12-23-13-11-18/h6-13,20H,1-5,14-16H2/t20-/m1/s1. The number of nitrogens with zero attached hydrogens (tertiary/aromatic N) is 2. The smallest absolute Gasteiger partial charge is 0.222 e. The third-order valence-electron chi connectivity index (χ3n) is 4.69. The van der Waals surface area contributed by atoms with Gasteiger partial charge in [0.15, 0.2) is 0 Å². The summed E-state index contributed by atoms with van der Waals surface area (Å²) < 4.78 is 5.74. The number of pyridine rings is 1. The molecule has 1 aliphatic heterocycles. The van der Waals surface area contributed by atoms with Gasteiger partial charge in [0.25, 0.3) is 0 Å². The van der Waals surface area contributed by atoms with E-state index in [2.05, 4.69) is 4.98 Å². The fourth-order valence-electron chi connectivity index (χ4n) is 3.25. The second-order valence-corrected chi connectivity index (χ2v) is 7.18. The molecule has 4 nitrogen and oxygen atoms in total. The number of rotatable bonds is 8. The summed E-state index contributed by atoms with van der Waals surface area (Å²) in [5.41, 5.74) is 2.31. The van der Waals surface area contributed by atoms with Gasteiger partial charge in [-0.1, -0.05) is 23.7 Å². The van der Waals surface area contributed by atoms with Crippen molar-refractivity contribution < 1.29 is 9.53 Å². The van der Waals surface area contributed by atoms with Crippen LogP contribution in [0.5, 0.6) is 0 Å². The average Bonchev–Trinajstić information content (AvgIpc) is 3.17. The third-order valence-corrected chi connectivity index (χ3v) is 4.94. The molecule has 26 heavy (non-hydrogen) atoms. The number of aryl methyl sites for hydroxylation is 1. The average molecular weight is 373 g/mol. The van der Waals surface area contributed by atoms with Crippen molar-refractivity contribution in [3.63, 3.8) is 0 Å². The number of hydrogen-bond donors (Lipinski definition) is 0. The van der Waals surface area contributed by atoms with Gasteiger partial charge in [-0.25, -0.2) is 0 Å². The molecule has 0 N–H and O–H groups in total. The second-order valence-electron chi connectivity index (χ2n) is 6.74. The van der Waals surface area contributed by atoms with E-state index in [1.54, 1.807) is 12.4 Å². The largest absolute Gasteiger partial charge is 0.376 e. The van der Waals surface area contributed by atoms with Crippen LogP contribution in [0.3, 0.4) is 0 Å². The van der Waals surface area contributed by atoms with Crippen molar-refractivity contribution in [2.75, 3.05) is 13.2 Å². The molecule has 0 unspecified atom stereocenters. The highest BCUT2D eigenvalue weighted by molar-refractivity contribution is 6.30. The quantitative estimate of drug-likeness (QED) is 0.695. The van der Waals surface area contributed by atoms with Crippen LogP contribution in [0.25, 0.3) is 0 Å². The lowest BCUT2D eigenvalue weighted by atomic mass is 10.1. The molecule has 0 radical (unpaired) electrons. The Labute approximate surface area is 160 Å². The Morgan fingerprint density at radius 1 is 1.15 bits per heavy atom. The molecule has 1 atom stereocenters. The van der Waals surface area contributed by atoms with Crippen LogP contribution >= 0.6 is 11.6 Å². The van der Waals surface area contributed by atoms with Gasteiger partial charge in [-0.15, -0.1) is 0 Å². The maximum absolute atomic E-state index is 12.8. The Hall–Kier alpha value is -1.91. The third kappa shape index (κ3) is 5.82. The van der Waals surface area contributed by atoms with Crippen LogP contribution in [0.15, 0.2) is 48.8 Å². The predicted molar refractivity (Wildman–Crippen MR) is 103 cm³/mol. The minimum Gasteiger partial charge on any atom is -0.376 e. The summed E-state index contributed by atoms with van der Waals surface area (Å²) in [5.74, 6) is 0.186. The van der Waals surface area contributed by atoms with Crippen LogP contribution in [-0.2, 0) is 22.5 Å². The number of ether oxygens (including phenoxy) is 1. The Balaban J connectivity index is 1.55. The molecule has 0 saturated carbocycles. The zero-order chi connectivity index (χ0) is 18.2. The minimum atomic E-state index is 0.164. The number of amides is 1. The van der Waals surface area contributed by atoms with Gasteiger partial charge in [-0.3, -0.25) is 9.78 Å². The number of carbonyl (C=O) groups excluding carboxylic acids is 1. The molecule has 1 amide bonds. The Bertz CT molecular complexity index is 685. The number of aromatic nitrogens is 1. The van der Waals surface area contributed by atoms with E-state index in [0.717, 1.165) is 42.9 Å². The lowest BCUT2D eigenvalue weighted by Gasteiger charge is -2.25. The molecule has 0 bridgehead atoms. The van der Waals surface area contributed by atoms with Crippen molar-refractivity contribution in [3.8, 4) is 0 Å². The molecule has 0 spiro atoms. The number of benzene rings is 1. The normalized spacial score (nSPS) is 16.6. The highest BCUT2D eigenvalue weighted by Gasteiger charge is 2.22. The van der Waals surface area contributed by atoms with Crippen LogP contribution < -0.4 is 0 Å². The Kier molecular flexibility index (Phi) is 7.04.